The number of anilines is 2. The molecule has 0 heterocycles. The van der Waals surface area contributed by atoms with Crippen molar-refractivity contribution in [3.8, 4) is 0 Å². The standard InChI is InChI=1S/C25H21N/c1-26(23-11-3-2-4-12-23)24-18-15-20(16-19-24)14-17-22-10-7-9-21-8-5-6-13-25(21)22/h2-19H,1H3/b17-14+. The van der Waals surface area contributed by atoms with E-state index in [0.717, 1.165) is 0 Å². The van der Waals surface area contributed by atoms with Gasteiger partial charge in [-0.1, -0.05) is 84.9 Å². The number of hydrogen-bond donors (Lipinski definition) is 0. The van der Waals surface area contributed by atoms with Gasteiger partial charge in [-0.25, -0.2) is 0 Å². The molecule has 0 saturated heterocycles. The van der Waals surface area contributed by atoms with E-state index in [-0.39, 0.29) is 0 Å². The van der Waals surface area contributed by atoms with Gasteiger partial charge in [0, 0.05) is 18.4 Å². The summed E-state index contributed by atoms with van der Waals surface area (Å²) >= 11 is 0. The Morgan fingerprint density at radius 3 is 2.04 bits per heavy atom. The van der Waals surface area contributed by atoms with Crippen LogP contribution in [0.15, 0.2) is 97.1 Å². The van der Waals surface area contributed by atoms with Crippen LogP contribution in [0.4, 0.5) is 11.4 Å². The Labute approximate surface area is 154 Å². The lowest BCUT2D eigenvalue weighted by atomic mass is 10.0. The Hall–Kier alpha value is -3.32. The van der Waals surface area contributed by atoms with E-state index in [1.807, 2.05) is 6.07 Å². The molecule has 0 aliphatic heterocycles. The molecule has 0 N–H and O–H groups in total. The third kappa shape index (κ3) is 3.38. The van der Waals surface area contributed by atoms with Gasteiger partial charge < -0.3 is 4.90 Å². The lowest BCUT2D eigenvalue weighted by Gasteiger charge is -2.19. The highest BCUT2D eigenvalue weighted by Gasteiger charge is 2.02. The van der Waals surface area contributed by atoms with Crippen molar-refractivity contribution < 1.29 is 0 Å². The van der Waals surface area contributed by atoms with Gasteiger partial charge in [0.2, 0.25) is 0 Å². The van der Waals surface area contributed by atoms with Crippen molar-refractivity contribution in [3.63, 3.8) is 0 Å². The van der Waals surface area contributed by atoms with E-state index in [1.54, 1.807) is 0 Å². The summed E-state index contributed by atoms with van der Waals surface area (Å²) in [7, 11) is 2.09. The second kappa shape index (κ2) is 7.28. The lowest BCUT2D eigenvalue weighted by Crippen LogP contribution is -2.08. The Balaban J connectivity index is 1.56. The first kappa shape index (κ1) is 16.2. The largest absolute Gasteiger partial charge is 0.345 e. The first-order valence-corrected chi connectivity index (χ1v) is 8.86. The topological polar surface area (TPSA) is 3.24 Å². The Kier molecular flexibility index (Phi) is 4.53. The Morgan fingerprint density at radius 2 is 1.23 bits per heavy atom. The van der Waals surface area contributed by atoms with Gasteiger partial charge >= 0.3 is 0 Å². The molecule has 0 atom stereocenters. The molecule has 1 heteroatoms. The van der Waals surface area contributed by atoms with E-state index in [1.165, 1.54) is 33.3 Å². The van der Waals surface area contributed by atoms with Gasteiger partial charge in [0.15, 0.2) is 0 Å². The van der Waals surface area contributed by atoms with E-state index >= 15 is 0 Å². The molecule has 4 aromatic rings. The van der Waals surface area contributed by atoms with Gasteiger partial charge in [0.05, 0.1) is 0 Å². The van der Waals surface area contributed by atoms with Crippen LogP contribution in [-0.2, 0) is 0 Å². The van der Waals surface area contributed by atoms with Gasteiger partial charge in [0.25, 0.3) is 0 Å². The highest BCUT2D eigenvalue weighted by Crippen LogP contribution is 2.24. The summed E-state index contributed by atoms with van der Waals surface area (Å²) in [6.45, 7) is 0. The summed E-state index contributed by atoms with van der Waals surface area (Å²) < 4.78 is 0. The van der Waals surface area contributed by atoms with Gasteiger partial charge in [-0.2, -0.15) is 0 Å². The van der Waals surface area contributed by atoms with Gasteiger partial charge in [-0.15, -0.1) is 0 Å². The van der Waals surface area contributed by atoms with E-state index < -0.39 is 0 Å². The van der Waals surface area contributed by atoms with E-state index in [2.05, 4.69) is 115 Å². The number of nitrogens with zero attached hydrogens (tertiary/aromatic N) is 1. The highest BCUT2D eigenvalue weighted by atomic mass is 15.1. The normalized spacial score (nSPS) is 11.1. The van der Waals surface area contributed by atoms with Crippen molar-refractivity contribution in [1.29, 1.82) is 0 Å². The fourth-order valence-electron chi connectivity index (χ4n) is 3.19. The van der Waals surface area contributed by atoms with Crippen LogP contribution in [0.1, 0.15) is 11.1 Å². The first-order valence-electron chi connectivity index (χ1n) is 8.86. The minimum absolute atomic E-state index is 1.18. The van der Waals surface area contributed by atoms with Crippen molar-refractivity contribution in [3.05, 3.63) is 108 Å². The number of fused-ring (bicyclic) bond motifs is 1. The van der Waals surface area contributed by atoms with Crippen molar-refractivity contribution in [2.45, 2.75) is 0 Å². The molecular formula is C25H21N. The van der Waals surface area contributed by atoms with Crippen molar-refractivity contribution in [1.82, 2.24) is 0 Å². The molecule has 4 aromatic carbocycles. The zero-order valence-corrected chi connectivity index (χ0v) is 14.8. The Bertz CT molecular complexity index is 1030. The summed E-state index contributed by atoms with van der Waals surface area (Å²) in [6, 6.07) is 34.0. The molecule has 0 unspecified atom stereocenters. The van der Waals surface area contributed by atoms with Crippen LogP contribution in [0.2, 0.25) is 0 Å². The van der Waals surface area contributed by atoms with Gasteiger partial charge in [0.1, 0.15) is 0 Å². The molecule has 126 valence electrons. The molecular weight excluding hydrogens is 314 g/mol. The number of benzene rings is 4. The molecule has 0 aromatic heterocycles. The van der Waals surface area contributed by atoms with E-state index in [9.17, 15) is 0 Å². The van der Waals surface area contributed by atoms with Crippen LogP contribution in [0.3, 0.4) is 0 Å². The zero-order valence-electron chi connectivity index (χ0n) is 14.8. The van der Waals surface area contributed by atoms with Crippen LogP contribution >= 0.6 is 0 Å². The van der Waals surface area contributed by atoms with E-state index in [0.29, 0.717) is 0 Å². The molecule has 0 saturated carbocycles. The quantitative estimate of drug-likeness (QED) is 0.372. The summed E-state index contributed by atoms with van der Waals surface area (Å²) in [6.07, 6.45) is 4.37. The molecule has 0 spiro atoms. The number of rotatable bonds is 4. The zero-order chi connectivity index (χ0) is 17.8. The molecule has 0 aliphatic carbocycles. The molecule has 1 nitrogen and oxygen atoms in total. The SMILES string of the molecule is CN(c1ccccc1)c1ccc(/C=C/c2cccc3ccccc23)cc1. The molecule has 0 amide bonds. The third-order valence-electron chi connectivity index (χ3n) is 4.70. The van der Waals surface area contributed by atoms with E-state index in [4.69, 9.17) is 0 Å². The maximum atomic E-state index is 2.19. The predicted molar refractivity (Wildman–Crippen MR) is 114 cm³/mol. The monoisotopic (exact) mass is 335 g/mol. The molecule has 0 aliphatic rings. The van der Waals surface area contributed by atoms with Crippen LogP contribution in [0.25, 0.3) is 22.9 Å². The second-order valence-corrected chi connectivity index (χ2v) is 6.39. The van der Waals surface area contributed by atoms with Crippen molar-refractivity contribution >= 4 is 34.3 Å². The second-order valence-electron chi connectivity index (χ2n) is 6.39. The van der Waals surface area contributed by atoms with Crippen LogP contribution in [0, 0.1) is 0 Å². The van der Waals surface area contributed by atoms with Crippen LogP contribution in [-0.4, -0.2) is 7.05 Å². The van der Waals surface area contributed by atoms with Crippen molar-refractivity contribution in [2.24, 2.45) is 0 Å². The van der Waals surface area contributed by atoms with Crippen molar-refractivity contribution in [2.75, 3.05) is 11.9 Å². The average Bonchev–Trinajstić information content (AvgIpc) is 2.73. The molecule has 0 fully saturated rings. The Morgan fingerprint density at radius 1 is 0.577 bits per heavy atom. The molecule has 0 radical (unpaired) electrons. The average molecular weight is 335 g/mol. The van der Waals surface area contributed by atoms with Gasteiger partial charge in [-0.05, 0) is 46.2 Å². The maximum Gasteiger partial charge on any atom is 0.0408 e. The van der Waals surface area contributed by atoms with Gasteiger partial charge in [-0.3, -0.25) is 0 Å². The molecule has 4 rings (SSSR count). The fourth-order valence-corrected chi connectivity index (χ4v) is 3.19. The highest BCUT2D eigenvalue weighted by molar-refractivity contribution is 5.92. The van der Waals surface area contributed by atoms with Crippen LogP contribution < -0.4 is 4.90 Å². The summed E-state index contributed by atoms with van der Waals surface area (Å²) in [5, 5.41) is 2.56. The summed E-state index contributed by atoms with van der Waals surface area (Å²) in [4.78, 5) is 2.19. The number of hydrogen-bond acceptors (Lipinski definition) is 1. The summed E-state index contributed by atoms with van der Waals surface area (Å²) in [5.41, 5.74) is 4.81. The number of para-hydroxylation sites is 1. The van der Waals surface area contributed by atoms with Crippen LogP contribution in [0.5, 0.6) is 0 Å². The first-order chi connectivity index (χ1) is 12.8. The minimum atomic E-state index is 1.18. The maximum absolute atomic E-state index is 2.19. The fraction of sp³-hybridized carbons (Fsp3) is 0.0400. The lowest BCUT2D eigenvalue weighted by molar-refractivity contribution is 1.21. The minimum Gasteiger partial charge on any atom is -0.345 e. The smallest absolute Gasteiger partial charge is 0.0408 e. The molecule has 0 bridgehead atoms. The molecule has 26 heavy (non-hydrogen) atoms. The summed E-state index contributed by atoms with van der Waals surface area (Å²) in [5.74, 6) is 0. The third-order valence-corrected chi connectivity index (χ3v) is 4.70. The predicted octanol–water partition coefficient (Wildman–Crippen LogP) is 6.78.